The lowest BCUT2D eigenvalue weighted by Crippen LogP contribution is -2.26. The third-order valence-electron chi connectivity index (χ3n) is 4.26. The van der Waals surface area contributed by atoms with Gasteiger partial charge in [-0.25, -0.2) is 0 Å². The maximum absolute atomic E-state index is 10.8. The van der Waals surface area contributed by atoms with Gasteiger partial charge in [-0.05, 0) is 6.92 Å². The molecule has 116 valence electrons. The van der Waals surface area contributed by atoms with Gasteiger partial charge in [0.1, 0.15) is 17.8 Å². The molecule has 0 saturated carbocycles. The Kier molecular flexibility index (Phi) is 4.03. The minimum absolute atomic E-state index is 0.111. The van der Waals surface area contributed by atoms with Crippen LogP contribution >= 0.6 is 0 Å². The van der Waals surface area contributed by atoms with Gasteiger partial charge in [0.15, 0.2) is 0 Å². The minimum Gasteiger partial charge on any atom is -0.496 e. The second-order valence-corrected chi connectivity index (χ2v) is 5.51. The van der Waals surface area contributed by atoms with Gasteiger partial charge in [-0.3, -0.25) is 0 Å². The van der Waals surface area contributed by atoms with Crippen molar-refractivity contribution in [1.29, 1.82) is 0 Å². The highest BCUT2D eigenvalue weighted by molar-refractivity contribution is 5.96. The zero-order valence-electron chi connectivity index (χ0n) is 13.1. The summed E-state index contributed by atoms with van der Waals surface area (Å²) < 4.78 is 17.4. The first kappa shape index (κ1) is 14.9. The van der Waals surface area contributed by atoms with E-state index in [-0.39, 0.29) is 12.2 Å². The minimum atomic E-state index is -0.137. The van der Waals surface area contributed by atoms with E-state index in [2.05, 4.69) is 0 Å². The Hall–Kier alpha value is -2.07. The molecule has 2 atom stereocenters. The summed E-state index contributed by atoms with van der Waals surface area (Å²) in [5, 5.41) is 2.05. The zero-order valence-corrected chi connectivity index (χ0v) is 13.1. The molecule has 0 spiro atoms. The first-order chi connectivity index (χ1) is 10.7. The second-order valence-electron chi connectivity index (χ2n) is 5.51. The second kappa shape index (κ2) is 5.97. The highest BCUT2D eigenvalue weighted by Crippen LogP contribution is 2.47. The lowest BCUT2D eigenvalue weighted by atomic mass is 9.88. The Morgan fingerprint density at radius 1 is 1.18 bits per heavy atom. The fraction of sp³-hybridized carbons (Fsp3) is 0.389. The van der Waals surface area contributed by atoms with E-state index in [9.17, 15) is 4.79 Å². The summed E-state index contributed by atoms with van der Waals surface area (Å²) in [4.78, 5) is 10.8. The van der Waals surface area contributed by atoms with Crippen LogP contribution < -0.4 is 9.47 Å². The first-order valence-electron chi connectivity index (χ1n) is 7.45. The number of carbonyl (C=O) groups excluding carboxylic acids is 1. The van der Waals surface area contributed by atoms with E-state index in [1.807, 2.05) is 31.2 Å². The monoisotopic (exact) mass is 300 g/mol. The van der Waals surface area contributed by atoms with Crippen molar-refractivity contribution >= 4 is 17.1 Å². The molecule has 22 heavy (non-hydrogen) atoms. The van der Waals surface area contributed by atoms with Crippen molar-refractivity contribution in [2.24, 2.45) is 0 Å². The number of carbonyl (C=O) groups is 1. The van der Waals surface area contributed by atoms with Crippen LogP contribution in [0, 0.1) is 0 Å². The van der Waals surface area contributed by atoms with Gasteiger partial charge in [-0.15, -0.1) is 0 Å². The molecule has 1 aliphatic heterocycles. The van der Waals surface area contributed by atoms with Crippen LogP contribution in [-0.2, 0) is 16.0 Å². The van der Waals surface area contributed by atoms with Crippen molar-refractivity contribution in [1.82, 2.24) is 0 Å². The van der Waals surface area contributed by atoms with Gasteiger partial charge in [0, 0.05) is 34.7 Å². The molecule has 3 rings (SSSR count). The van der Waals surface area contributed by atoms with Crippen LogP contribution in [0.5, 0.6) is 11.5 Å². The number of ether oxygens (including phenoxy) is 3. The van der Waals surface area contributed by atoms with Crippen molar-refractivity contribution in [3.8, 4) is 11.5 Å². The Balaban J connectivity index is 2.30. The molecule has 0 amide bonds. The Morgan fingerprint density at radius 2 is 1.82 bits per heavy atom. The summed E-state index contributed by atoms with van der Waals surface area (Å²) >= 11 is 0. The van der Waals surface area contributed by atoms with Crippen LogP contribution in [0.3, 0.4) is 0 Å². The molecule has 4 nitrogen and oxygen atoms in total. The summed E-state index contributed by atoms with van der Waals surface area (Å²) in [6, 6.07) is 8.04. The predicted molar refractivity (Wildman–Crippen MR) is 84.7 cm³/mol. The Labute approximate surface area is 130 Å². The van der Waals surface area contributed by atoms with E-state index in [1.165, 1.54) is 0 Å². The third kappa shape index (κ3) is 2.24. The van der Waals surface area contributed by atoms with Gasteiger partial charge in [-0.2, -0.15) is 0 Å². The van der Waals surface area contributed by atoms with Gasteiger partial charge >= 0.3 is 0 Å². The number of hydrogen-bond acceptors (Lipinski definition) is 4. The van der Waals surface area contributed by atoms with Crippen LogP contribution in [0.25, 0.3) is 10.8 Å². The van der Waals surface area contributed by atoms with Crippen molar-refractivity contribution in [2.45, 2.75) is 32.0 Å². The number of benzene rings is 2. The lowest BCUT2D eigenvalue weighted by molar-refractivity contribution is -0.112. The fourth-order valence-electron chi connectivity index (χ4n) is 3.41. The summed E-state index contributed by atoms with van der Waals surface area (Å²) in [7, 11) is 3.36. The van der Waals surface area contributed by atoms with Gasteiger partial charge < -0.3 is 19.0 Å². The van der Waals surface area contributed by atoms with Crippen molar-refractivity contribution in [3.05, 3.63) is 35.4 Å². The lowest BCUT2D eigenvalue weighted by Gasteiger charge is -2.32. The van der Waals surface area contributed by atoms with Gasteiger partial charge in [0.25, 0.3) is 0 Å². The summed E-state index contributed by atoms with van der Waals surface area (Å²) in [5.41, 5.74) is 2.11. The highest BCUT2D eigenvalue weighted by Gasteiger charge is 2.32. The van der Waals surface area contributed by atoms with E-state index in [4.69, 9.17) is 14.2 Å². The summed E-state index contributed by atoms with van der Waals surface area (Å²) in [6.45, 7) is 1.99. The van der Waals surface area contributed by atoms with Crippen molar-refractivity contribution < 1.29 is 19.0 Å². The number of rotatable bonds is 4. The molecule has 0 aromatic heterocycles. The summed E-state index contributed by atoms with van der Waals surface area (Å²) in [5.74, 6) is 1.70. The highest BCUT2D eigenvalue weighted by atomic mass is 16.5. The quantitative estimate of drug-likeness (QED) is 0.811. The van der Waals surface area contributed by atoms with Crippen molar-refractivity contribution in [3.63, 3.8) is 0 Å². The molecule has 2 aromatic carbocycles. The number of fused-ring (bicyclic) bond motifs is 2. The molecule has 0 saturated heterocycles. The van der Waals surface area contributed by atoms with Crippen LogP contribution in [0.15, 0.2) is 24.3 Å². The van der Waals surface area contributed by atoms with E-state index < -0.39 is 0 Å². The van der Waals surface area contributed by atoms with Gasteiger partial charge in [0.05, 0.1) is 26.4 Å². The number of hydrogen-bond donors (Lipinski definition) is 0. The fourth-order valence-corrected chi connectivity index (χ4v) is 3.41. The number of methoxy groups -OCH3 is 2. The van der Waals surface area contributed by atoms with Gasteiger partial charge in [0.2, 0.25) is 0 Å². The molecule has 0 radical (unpaired) electrons. The maximum Gasteiger partial charge on any atom is 0.133 e. The van der Waals surface area contributed by atoms with Crippen LogP contribution in [0.1, 0.15) is 30.6 Å². The van der Waals surface area contributed by atoms with E-state index in [0.717, 1.165) is 39.7 Å². The van der Waals surface area contributed by atoms with Crippen LogP contribution in [0.2, 0.25) is 0 Å². The topological polar surface area (TPSA) is 44.8 Å². The third-order valence-corrected chi connectivity index (χ3v) is 4.26. The molecular weight excluding hydrogens is 280 g/mol. The largest absolute Gasteiger partial charge is 0.496 e. The first-order valence-corrected chi connectivity index (χ1v) is 7.45. The molecule has 4 heteroatoms. The van der Waals surface area contributed by atoms with E-state index in [0.29, 0.717) is 12.8 Å². The van der Waals surface area contributed by atoms with Crippen LogP contribution in [0.4, 0.5) is 0 Å². The number of aldehydes is 1. The van der Waals surface area contributed by atoms with E-state index in [1.54, 1.807) is 14.2 Å². The molecule has 0 fully saturated rings. The standard InChI is InChI=1S/C18H20O4/c1-11-16-15(10-12(22-11)8-9-19)17(20-2)13-6-4-5-7-14(13)18(16)21-3/h4-7,9,11-12H,8,10H2,1-3H3/t11-,12+/m1/s1. The molecular formula is C18H20O4. The molecule has 0 unspecified atom stereocenters. The normalized spacial score (nSPS) is 20.5. The molecule has 1 aliphatic rings. The van der Waals surface area contributed by atoms with Crippen LogP contribution in [-0.4, -0.2) is 26.6 Å². The predicted octanol–water partition coefficient (Wildman–Crippen LogP) is 3.45. The Morgan fingerprint density at radius 3 is 2.41 bits per heavy atom. The Bertz CT molecular complexity index is 708. The average molecular weight is 300 g/mol. The molecule has 2 aromatic rings. The maximum atomic E-state index is 10.8. The zero-order chi connectivity index (χ0) is 15.7. The smallest absolute Gasteiger partial charge is 0.133 e. The molecule has 0 aliphatic carbocycles. The molecule has 0 bridgehead atoms. The van der Waals surface area contributed by atoms with Gasteiger partial charge in [-0.1, -0.05) is 24.3 Å². The average Bonchev–Trinajstić information content (AvgIpc) is 2.53. The molecule has 1 heterocycles. The van der Waals surface area contributed by atoms with E-state index >= 15 is 0 Å². The SMILES string of the molecule is COc1c2c(c(OC)c3ccccc13)[C@@H](C)O[C@@H](CC=O)C2. The summed E-state index contributed by atoms with van der Waals surface area (Å²) in [6.07, 6.45) is 1.71. The molecule has 0 N–H and O–H groups in total. The van der Waals surface area contributed by atoms with Crippen molar-refractivity contribution in [2.75, 3.05) is 14.2 Å².